The molecule has 0 aliphatic carbocycles. The lowest BCUT2D eigenvalue weighted by atomic mass is 9.96. The van der Waals surface area contributed by atoms with Crippen molar-refractivity contribution in [2.24, 2.45) is 0 Å². The van der Waals surface area contributed by atoms with Crippen LogP contribution in [0.5, 0.6) is 0 Å². The lowest BCUT2D eigenvalue weighted by Crippen LogP contribution is -2.29. The summed E-state index contributed by atoms with van der Waals surface area (Å²) >= 11 is 0. The Labute approximate surface area is 184 Å². The first-order valence-corrected chi connectivity index (χ1v) is 10.7. The van der Waals surface area contributed by atoms with E-state index in [1.54, 1.807) is 23.2 Å². The molecule has 7 nitrogen and oxygen atoms in total. The van der Waals surface area contributed by atoms with Gasteiger partial charge in [0.2, 0.25) is 0 Å². The van der Waals surface area contributed by atoms with Crippen LogP contribution in [0, 0.1) is 0 Å². The van der Waals surface area contributed by atoms with Crippen molar-refractivity contribution in [3.05, 3.63) is 82.2 Å². The van der Waals surface area contributed by atoms with E-state index < -0.39 is 5.97 Å². The number of hydrogen-bond donors (Lipinski definition) is 0. The van der Waals surface area contributed by atoms with E-state index in [0.717, 1.165) is 40.3 Å². The van der Waals surface area contributed by atoms with Crippen molar-refractivity contribution in [1.29, 1.82) is 0 Å². The van der Waals surface area contributed by atoms with E-state index in [-0.39, 0.29) is 17.3 Å². The molecular weight excluding hydrogens is 406 g/mol. The number of carbonyl (C=O) groups is 1. The summed E-state index contributed by atoms with van der Waals surface area (Å²) in [6.07, 6.45) is 5.56. The second-order valence-corrected chi connectivity index (χ2v) is 8.00. The van der Waals surface area contributed by atoms with Gasteiger partial charge in [0.15, 0.2) is 0 Å². The molecule has 0 unspecified atom stereocenters. The Kier molecular flexibility index (Phi) is 5.41. The average Bonchev–Trinajstić information content (AvgIpc) is 2.85. The van der Waals surface area contributed by atoms with Gasteiger partial charge in [-0.3, -0.25) is 9.36 Å². The van der Waals surface area contributed by atoms with Gasteiger partial charge in [-0.2, -0.15) is 0 Å². The molecule has 4 aromatic rings. The van der Waals surface area contributed by atoms with E-state index in [2.05, 4.69) is 4.98 Å². The summed E-state index contributed by atoms with van der Waals surface area (Å²) in [4.78, 5) is 34.0. The van der Waals surface area contributed by atoms with Crippen molar-refractivity contribution in [3.63, 3.8) is 0 Å². The molecule has 1 saturated heterocycles. The highest BCUT2D eigenvalue weighted by Crippen LogP contribution is 2.28. The third kappa shape index (κ3) is 3.65. The minimum Gasteiger partial charge on any atom is -0.464 e. The van der Waals surface area contributed by atoms with Crippen LogP contribution in [0.2, 0.25) is 0 Å². The van der Waals surface area contributed by atoms with Crippen LogP contribution in [0.4, 0.5) is 0 Å². The van der Waals surface area contributed by atoms with E-state index in [1.165, 1.54) is 7.11 Å². The second kappa shape index (κ2) is 8.51. The molecule has 0 radical (unpaired) electrons. The molecule has 0 bridgehead atoms. The summed E-state index contributed by atoms with van der Waals surface area (Å²) in [6.45, 7) is 1.32. The summed E-state index contributed by atoms with van der Waals surface area (Å²) in [6, 6.07) is 13.6. The number of pyridine rings is 1. The third-order valence-corrected chi connectivity index (χ3v) is 6.08. The molecule has 32 heavy (non-hydrogen) atoms. The number of ether oxygens (including phenoxy) is 2. The fourth-order valence-corrected chi connectivity index (χ4v) is 4.39. The smallest absolute Gasteiger partial charge is 0.356 e. The Hall–Kier alpha value is -3.58. The molecule has 1 fully saturated rings. The highest BCUT2D eigenvalue weighted by atomic mass is 16.5. The van der Waals surface area contributed by atoms with Gasteiger partial charge in [-0.15, -0.1) is 0 Å². The maximum absolute atomic E-state index is 13.4. The molecule has 2 aromatic carbocycles. The van der Waals surface area contributed by atoms with Crippen LogP contribution in [0.3, 0.4) is 0 Å². The van der Waals surface area contributed by atoms with Gasteiger partial charge in [0.25, 0.3) is 5.56 Å². The van der Waals surface area contributed by atoms with Crippen molar-refractivity contribution >= 4 is 27.6 Å². The maximum Gasteiger partial charge on any atom is 0.356 e. The standard InChI is InChI=1S/C25H23N3O4/c1-31-25(30)22-7-6-16(14-26-22)12-17-13-21-23(20-5-3-2-4-19(17)20)27-15-28(24(21)29)18-8-10-32-11-9-18/h2-7,13-15,18H,8-12H2,1H3. The van der Waals surface area contributed by atoms with Gasteiger partial charge in [-0.1, -0.05) is 30.3 Å². The SMILES string of the molecule is COC(=O)c1ccc(Cc2cc3c(=O)n(C4CCOCC4)cnc3c3ccccc23)cn1. The number of aromatic nitrogens is 3. The minimum absolute atomic E-state index is 0.0203. The molecule has 3 heterocycles. The molecule has 0 atom stereocenters. The number of rotatable bonds is 4. The zero-order chi connectivity index (χ0) is 22.1. The van der Waals surface area contributed by atoms with Crippen molar-refractivity contribution < 1.29 is 14.3 Å². The normalized spacial score (nSPS) is 14.7. The Morgan fingerprint density at radius 3 is 2.59 bits per heavy atom. The molecule has 1 aliphatic heterocycles. The van der Waals surface area contributed by atoms with Crippen molar-refractivity contribution in [2.45, 2.75) is 25.3 Å². The quantitative estimate of drug-likeness (QED) is 0.364. The van der Waals surface area contributed by atoms with Gasteiger partial charge in [0, 0.05) is 30.8 Å². The Balaban J connectivity index is 1.61. The van der Waals surface area contributed by atoms with Gasteiger partial charge in [0.1, 0.15) is 5.69 Å². The Morgan fingerprint density at radius 2 is 1.88 bits per heavy atom. The lowest BCUT2D eigenvalue weighted by molar-refractivity contribution is 0.0594. The largest absolute Gasteiger partial charge is 0.464 e. The number of nitrogens with zero attached hydrogens (tertiary/aromatic N) is 3. The minimum atomic E-state index is -0.465. The average molecular weight is 429 g/mol. The zero-order valence-corrected chi connectivity index (χ0v) is 17.8. The topological polar surface area (TPSA) is 83.3 Å². The molecular formula is C25H23N3O4. The number of benzene rings is 2. The summed E-state index contributed by atoms with van der Waals surface area (Å²) in [5.74, 6) is -0.465. The number of fused-ring (bicyclic) bond motifs is 3. The fourth-order valence-electron chi connectivity index (χ4n) is 4.39. The van der Waals surface area contributed by atoms with Gasteiger partial charge < -0.3 is 9.47 Å². The van der Waals surface area contributed by atoms with Crippen LogP contribution in [0.15, 0.2) is 59.8 Å². The number of carbonyl (C=O) groups excluding carboxylic acids is 1. The van der Waals surface area contributed by atoms with Crippen LogP contribution in [-0.2, 0) is 15.9 Å². The van der Waals surface area contributed by atoms with Crippen LogP contribution in [-0.4, -0.2) is 40.8 Å². The molecule has 162 valence electrons. The van der Waals surface area contributed by atoms with Gasteiger partial charge in [-0.25, -0.2) is 14.8 Å². The summed E-state index contributed by atoms with van der Waals surface area (Å²) in [7, 11) is 1.33. The maximum atomic E-state index is 13.4. The highest BCUT2D eigenvalue weighted by molar-refractivity contribution is 6.06. The molecule has 0 saturated carbocycles. The fraction of sp³-hybridized carbons (Fsp3) is 0.280. The third-order valence-electron chi connectivity index (χ3n) is 6.08. The van der Waals surface area contributed by atoms with E-state index in [9.17, 15) is 9.59 Å². The van der Waals surface area contributed by atoms with E-state index in [4.69, 9.17) is 14.5 Å². The molecule has 0 amide bonds. The van der Waals surface area contributed by atoms with Crippen LogP contribution in [0.1, 0.15) is 40.5 Å². The van der Waals surface area contributed by atoms with E-state index >= 15 is 0 Å². The predicted molar refractivity (Wildman–Crippen MR) is 121 cm³/mol. The van der Waals surface area contributed by atoms with Crippen LogP contribution >= 0.6 is 0 Å². The summed E-state index contributed by atoms with van der Waals surface area (Å²) < 4.78 is 11.9. The molecule has 5 rings (SSSR count). The first kappa shape index (κ1) is 20.3. The zero-order valence-electron chi connectivity index (χ0n) is 17.8. The second-order valence-electron chi connectivity index (χ2n) is 8.00. The number of hydrogen-bond acceptors (Lipinski definition) is 6. The summed E-state index contributed by atoms with van der Waals surface area (Å²) in [5.41, 5.74) is 2.92. The molecule has 0 spiro atoms. The number of methoxy groups -OCH3 is 1. The molecule has 2 aromatic heterocycles. The first-order valence-electron chi connectivity index (χ1n) is 10.7. The van der Waals surface area contributed by atoms with Crippen molar-refractivity contribution in [2.75, 3.05) is 20.3 Å². The molecule has 7 heteroatoms. The van der Waals surface area contributed by atoms with Crippen LogP contribution < -0.4 is 5.56 Å². The van der Waals surface area contributed by atoms with Gasteiger partial charge in [-0.05, 0) is 47.9 Å². The molecule has 0 N–H and O–H groups in total. The monoisotopic (exact) mass is 429 g/mol. The van der Waals surface area contributed by atoms with Crippen LogP contribution in [0.25, 0.3) is 21.7 Å². The Morgan fingerprint density at radius 1 is 1.09 bits per heavy atom. The summed E-state index contributed by atoms with van der Waals surface area (Å²) in [5, 5.41) is 2.62. The van der Waals surface area contributed by atoms with Gasteiger partial charge in [0.05, 0.1) is 24.3 Å². The van der Waals surface area contributed by atoms with E-state index in [0.29, 0.717) is 25.0 Å². The predicted octanol–water partition coefficient (Wildman–Crippen LogP) is 3.67. The lowest BCUT2D eigenvalue weighted by Gasteiger charge is -2.24. The Bertz CT molecular complexity index is 1360. The van der Waals surface area contributed by atoms with Crippen molar-refractivity contribution in [1.82, 2.24) is 14.5 Å². The first-order chi connectivity index (χ1) is 15.7. The molecule has 1 aliphatic rings. The number of esters is 1. The van der Waals surface area contributed by atoms with Crippen molar-refractivity contribution in [3.8, 4) is 0 Å². The van der Waals surface area contributed by atoms with E-state index in [1.807, 2.05) is 36.4 Å². The van der Waals surface area contributed by atoms with Gasteiger partial charge >= 0.3 is 5.97 Å². The highest BCUT2D eigenvalue weighted by Gasteiger charge is 2.19.